The molecule has 2 aliphatic heterocycles. The van der Waals surface area contributed by atoms with E-state index in [1.165, 1.54) is 0 Å². The molecule has 0 spiro atoms. The van der Waals surface area contributed by atoms with Crippen molar-refractivity contribution in [3.05, 3.63) is 12.2 Å². The fraction of sp³-hybridized carbons (Fsp3) is 0.700. The molecule has 0 bridgehead atoms. The van der Waals surface area contributed by atoms with Gasteiger partial charge in [-0.25, -0.2) is 0 Å². The summed E-state index contributed by atoms with van der Waals surface area (Å²) < 4.78 is 0. The second kappa shape index (κ2) is 3.30. The highest BCUT2D eigenvalue weighted by molar-refractivity contribution is 5.78. The van der Waals surface area contributed by atoms with E-state index in [0.717, 1.165) is 38.6 Å². The maximum absolute atomic E-state index is 11.4. The standard InChI is InChI=1S/C10H15NO/c12-10-7-6-9-5-3-1-2-4-8-11(9)10/h1,3,9H,2,4-8H2/b3-1-/t9-/m0/s1. The molecule has 1 amide bonds. The first kappa shape index (κ1) is 7.84. The molecular formula is C10H15NO. The van der Waals surface area contributed by atoms with Crippen LogP contribution in [0.2, 0.25) is 0 Å². The number of fused-ring (bicyclic) bond motifs is 1. The van der Waals surface area contributed by atoms with Crippen molar-refractivity contribution in [2.45, 2.75) is 38.1 Å². The third-order valence-corrected chi connectivity index (χ3v) is 2.80. The van der Waals surface area contributed by atoms with E-state index in [2.05, 4.69) is 17.1 Å². The van der Waals surface area contributed by atoms with E-state index in [0.29, 0.717) is 11.9 Å². The molecule has 2 nitrogen and oxygen atoms in total. The number of rotatable bonds is 0. The van der Waals surface area contributed by atoms with Crippen LogP contribution in [0.4, 0.5) is 0 Å². The zero-order chi connectivity index (χ0) is 8.39. The maximum atomic E-state index is 11.4. The van der Waals surface area contributed by atoms with E-state index in [4.69, 9.17) is 0 Å². The Bertz CT molecular complexity index is 210. The Kier molecular flexibility index (Phi) is 2.15. The van der Waals surface area contributed by atoms with Gasteiger partial charge in [0.25, 0.3) is 0 Å². The average molecular weight is 165 g/mol. The van der Waals surface area contributed by atoms with Crippen molar-refractivity contribution < 1.29 is 4.79 Å². The quantitative estimate of drug-likeness (QED) is 0.500. The molecule has 1 saturated heterocycles. The Labute approximate surface area is 73.2 Å². The van der Waals surface area contributed by atoms with Gasteiger partial charge in [0.2, 0.25) is 5.91 Å². The first-order valence-corrected chi connectivity index (χ1v) is 4.82. The molecule has 0 saturated carbocycles. The van der Waals surface area contributed by atoms with Crippen LogP contribution < -0.4 is 0 Å². The van der Waals surface area contributed by atoms with Crippen molar-refractivity contribution in [3.8, 4) is 0 Å². The van der Waals surface area contributed by atoms with E-state index in [1.807, 2.05) is 0 Å². The lowest BCUT2D eigenvalue weighted by molar-refractivity contribution is -0.129. The fourth-order valence-corrected chi connectivity index (χ4v) is 2.10. The molecular weight excluding hydrogens is 150 g/mol. The van der Waals surface area contributed by atoms with Gasteiger partial charge in [-0.3, -0.25) is 4.79 Å². The maximum Gasteiger partial charge on any atom is 0.222 e. The van der Waals surface area contributed by atoms with Crippen molar-refractivity contribution in [1.82, 2.24) is 4.90 Å². The molecule has 0 aliphatic carbocycles. The van der Waals surface area contributed by atoms with E-state index >= 15 is 0 Å². The molecule has 0 N–H and O–H groups in total. The van der Waals surface area contributed by atoms with Crippen LogP contribution >= 0.6 is 0 Å². The summed E-state index contributed by atoms with van der Waals surface area (Å²) in [6.45, 7) is 0.980. The largest absolute Gasteiger partial charge is 0.339 e. The lowest BCUT2D eigenvalue weighted by Crippen LogP contribution is -2.34. The van der Waals surface area contributed by atoms with Crippen LogP contribution in [0.3, 0.4) is 0 Å². The highest BCUT2D eigenvalue weighted by Gasteiger charge is 2.29. The number of allylic oxidation sites excluding steroid dienone is 1. The Morgan fingerprint density at radius 3 is 3.25 bits per heavy atom. The van der Waals surface area contributed by atoms with Gasteiger partial charge >= 0.3 is 0 Å². The van der Waals surface area contributed by atoms with Crippen molar-refractivity contribution in [2.24, 2.45) is 0 Å². The predicted molar refractivity (Wildman–Crippen MR) is 47.7 cm³/mol. The van der Waals surface area contributed by atoms with Crippen LogP contribution in [-0.2, 0) is 4.79 Å². The summed E-state index contributed by atoms with van der Waals surface area (Å²) in [5, 5.41) is 0. The minimum atomic E-state index is 0.371. The molecule has 66 valence electrons. The van der Waals surface area contributed by atoms with Gasteiger partial charge in [-0.15, -0.1) is 0 Å². The Balaban J connectivity index is 2.08. The van der Waals surface area contributed by atoms with Crippen LogP contribution in [0.1, 0.15) is 32.1 Å². The predicted octanol–water partition coefficient (Wildman–Crippen LogP) is 1.72. The highest BCUT2D eigenvalue weighted by atomic mass is 16.2. The van der Waals surface area contributed by atoms with Gasteiger partial charge in [-0.2, -0.15) is 0 Å². The second-order valence-electron chi connectivity index (χ2n) is 3.63. The van der Waals surface area contributed by atoms with Crippen LogP contribution in [0.25, 0.3) is 0 Å². The van der Waals surface area contributed by atoms with Gasteiger partial charge < -0.3 is 4.90 Å². The number of hydrogen-bond donors (Lipinski definition) is 0. The fourth-order valence-electron chi connectivity index (χ4n) is 2.10. The third-order valence-electron chi connectivity index (χ3n) is 2.80. The monoisotopic (exact) mass is 165 g/mol. The van der Waals surface area contributed by atoms with Crippen molar-refractivity contribution in [3.63, 3.8) is 0 Å². The van der Waals surface area contributed by atoms with Gasteiger partial charge in [-0.1, -0.05) is 12.2 Å². The molecule has 1 atom stereocenters. The van der Waals surface area contributed by atoms with Crippen molar-refractivity contribution >= 4 is 5.91 Å². The Morgan fingerprint density at radius 1 is 1.42 bits per heavy atom. The summed E-state index contributed by atoms with van der Waals surface area (Å²) >= 11 is 0. The number of carbonyl (C=O) groups excluding carboxylic acids is 1. The minimum Gasteiger partial charge on any atom is -0.339 e. The van der Waals surface area contributed by atoms with Gasteiger partial charge in [0, 0.05) is 19.0 Å². The number of hydrogen-bond acceptors (Lipinski definition) is 1. The molecule has 2 heteroatoms. The normalized spacial score (nSPS) is 32.5. The molecule has 12 heavy (non-hydrogen) atoms. The number of nitrogens with zero attached hydrogens (tertiary/aromatic N) is 1. The first-order valence-electron chi connectivity index (χ1n) is 4.82. The zero-order valence-electron chi connectivity index (χ0n) is 7.33. The second-order valence-corrected chi connectivity index (χ2v) is 3.63. The first-order chi connectivity index (χ1) is 5.88. The summed E-state index contributed by atoms with van der Waals surface area (Å²) in [6, 6.07) is 0.522. The van der Waals surface area contributed by atoms with E-state index in [9.17, 15) is 4.79 Å². The Hall–Kier alpha value is -0.790. The molecule has 0 unspecified atom stereocenters. The Morgan fingerprint density at radius 2 is 2.33 bits per heavy atom. The molecule has 2 aliphatic rings. The van der Waals surface area contributed by atoms with Crippen molar-refractivity contribution in [1.29, 1.82) is 0 Å². The van der Waals surface area contributed by atoms with Crippen LogP contribution in [0.15, 0.2) is 12.2 Å². The lowest BCUT2D eigenvalue weighted by atomic mass is 10.1. The summed E-state index contributed by atoms with van der Waals surface area (Å²) in [5.41, 5.74) is 0. The summed E-state index contributed by atoms with van der Waals surface area (Å²) in [5.74, 6) is 0.371. The van der Waals surface area contributed by atoms with E-state index in [1.54, 1.807) is 0 Å². The molecule has 2 rings (SSSR count). The average Bonchev–Trinajstić information content (AvgIpc) is 2.31. The van der Waals surface area contributed by atoms with Gasteiger partial charge in [0.05, 0.1) is 0 Å². The molecule has 2 heterocycles. The minimum absolute atomic E-state index is 0.371. The van der Waals surface area contributed by atoms with Gasteiger partial charge in [-0.05, 0) is 25.7 Å². The molecule has 0 aromatic heterocycles. The van der Waals surface area contributed by atoms with Gasteiger partial charge in [0.15, 0.2) is 0 Å². The molecule has 1 fully saturated rings. The SMILES string of the molecule is O=C1CC[C@@H]2C/C=C\CCCN12. The number of carbonyl (C=O) groups is 1. The molecule has 0 radical (unpaired) electrons. The smallest absolute Gasteiger partial charge is 0.222 e. The summed E-state index contributed by atoms with van der Waals surface area (Å²) in [6.07, 6.45) is 9.68. The molecule has 0 aromatic rings. The third kappa shape index (κ3) is 1.38. The van der Waals surface area contributed by atoms with Crippen LogP contribution in [0, 0.1) is 0 Å². The van der Waals surface area contributed by atoms with Crippen LogP contribution in [-0.4, -0.2) is 23.4 Å². The van der Waals surface area contributed by atoms with E-state index < -0.39 is 0 Å². The van der Waals surface area contributed by atoms with Gasteiger partial charge in [0.1, 0.15) is 0 Å². The highest BCUT2D eigenvalue weighted by Crippen LogP contribution is 2.23. The number of amides is 1. The van der Waals surface area contributed by atoms with Crippen LogP contribution in [0.5, 0.6) is 0 Å². The topological polar surface area (TPSA) is 20.3 Å². The summed E-state index contributed by atoms with van der Waals surface area (Å²) in [7, 11) is 0. The lowest BCUT2D eigenvalue weighted by Gasteiger charge is -2.24. The zero-order valence-corrected chi connectivity index (χ0v) is 7.33. The molecule has 0 aromatic carbocycles. The van der Waals surface area contributed by atoms with E-state index in [-0.39, 0.29) is 0 Å². The van der Waals surface area contributed by atoms with Crippen molar-refractivity contribution in [2.75, 3.05) is 6.54 Å². The summed E-state index contributed by atoms with van der Waals surface area (Å²) in [4.78, 5) is 13.4.